The summed E-state index contributed by atoms with van der Waals surface area (Å²) in [5.74, 6) is 0. The fourth-order valence-corrected chi connectivity index (χ4v) is 0.496. The monoisotopic (exact) mass is 142 g/mol. The normalized spacial score (nSPS) is 14.9. The number of hydrogen-bond acceptors (Lipinski definition) is 2. The molecule has 0 aromatic rings. The molecule has 0 N–H and O–H groups in total. The molecule has 0 rings (SSSR count). The summed E-state index contributed by atoms with van der Waals surface area (Å²) in [6, 6.07) is 0. The van der Waals surface area contributed by atoms with Crippen molar-refractivity contribution in [2.75, 3.05) is 7.11 Å². The number of aldehydes is 1. The minimum absolute atomic E-state index is 0.204. The van der Waals surface area contributed by atoms with Gasteiger partial charge in [-0.25, -0.2) is 0 Å². The van der Waals surface area contributed by atoms with Crippen molar-refractivity contribution < 1.29 is 9.53 Å². The Morgan fingerprint density at radius 2 is 2.30 bits per heavy atom. The summed E-state index contributed by atoms with van der Waals surface area (Å²) in [6.45, 7) is 3.75. The molecule has 0 aliphatic heterocycles. The highest BCUT2D eigenvalue weighted by Crippen LogP contribution is 1.98. The molecule has 2 heteroatoms. The lowest BCUT2D eigenvalue weighted by Crippen LogP contribution is -2.02. The van der Waals surface area contributed by atoms with Gasteiger partial charge in [-0.1, -0.05) is 6.08 Å². The number of methoxy groups -OCH3 is 1. The fraction of sp³-hybridized carbons (Fsp3) is 0.625. The lowest BCUT2D eigenvalue weighted by molar-refractivity contribution is -0.104. The topological polar surface area (TPSA) is 26.3 Å². The molecule has 58 valence electrons. The molecule has 0 spiro atoms. The highest BCUT2D eigenvalue weighted by atomic mass is 16.5. The molecule has 0 heterocycles. The summed E-state index contributed by atoms with van der Waals surface area (Å²) in [5, 5.41) is 0. The van der Waals surface area contributed by atoms with Crippen LogP contribution in [0.15, 0.2) is 11.6 Å². The number of ether oxygens (including phenoxy) is 1. The maximum absolute atomic E-state index is 10.1. The minimum Gasteiger partial charge on any atom is -0.381 e. The zero-order valence-electron chi connectivity index (χ0n) is 6.76. The smallest absolute Gasteiger partial charge is 0.145 e. The number of rotatable bonds is 4. The number of carbonyl (C=O) groups is 1. The second-order valence-corrected chi connectivity index (χ2v) is 2.35. The Balaban J connectivity index is 3.60. The molecule has 1 atom stereocenters. The van der Waals surface area contributed by atoms with Gasteiger partial charge in [0.1, 0.15) is 6.29 Å². The molecule has 0 saturated heterocycles. The summed E-state index contributed by atoms with van der Waals surface area (Å²) >= 11 is 0. The van der Waals surface area contributed by atoms with Gasteiger partial charge in [0.25, 0.3) is 0 Å². The molecule has 0 amide bonds. The standard InChI is InChI=1S/C8H14O2/c1-7(6-9)4-5-8(2)10-3/h4,6,8H,5H2,1-3H3. The van der Waals surface area contributed by atoms with E-state index in [4.69, 9.17) is 4.74 Å². The van der Waals surface area contributed by atoms with E-state index >= 15 is 0 Å². The van der Waals surface area contributed by atoms with Gasteiger partial charge in [0, 0.05) is 7.11 Å². The molecular weight excluding hydrogens is 128 g/mol. The van der Waals surface area contributed by atoms with E-state index in [-0.39, 0.29) is 6.10 Å². The van der Waals surface area contributed by atoms with E-state index in [1.54, 1.807) is 14.0 Å². The zero-order chi connectivity index (χ0) is 7.98. The Bertz CT molecular complexity index is 127. The third kappa shape index (κ3) is 4.27. The number of hydrogen-bond donors (Lipinski definition) is 0. The Morgan fingerprint density at radius 3 is 2.70 bits per heavy atom. The van der Waals surface area contributed by atoms with E-state index in [0.717, 1.165) is 18.3 Å². The van der Waals surface area contributed by atoms with Gasteiger partial charge < -0.3 is 4.74 Å². The van der Waals surface area contributed by atoms with Crippen molar-refractivity contribution in [3.8, 4) is 0 Å². The van der Waals surface area contributed by atoms with Crippen LogP contribution < -0.4 is 0 Å². The van der Waals surface area contributed by atoms with Crippen LogP contribution in [0.4, 0.5) is 0 Å². The predicted molar refractivity (Wildman–Crippen MR) is 40.9 cm³/mol. The van der Waals surface area contributed by atoms with E-state index in [9.17, 15) is 4.79 Å². The van der Waals surface area contributed by atoms with E-state index < -0.39 is 0 Å². The van der Waals surface area contributed by atoms with Gasteiger partial charge in [0.2, 0.25) is 0 Å². The first kappa shape index (κ1) is 9.37. The van der Waals surface area contributed by atoms with Crippen LogP contribution in [0.3, 0.4) is 0 Å². The second kappa shape index (κ2) is 5.18. The Labute approximate surface area is 61.9 Å². The maximum Gasteiger partial charge on any atom is 0.145 e. The molecule has 0 saturated carbocycles. The molecular formula is C8H14O2. The van der Waals surface area contributed by atoms with E-state index in [2.05, 4.69) is 0 Å². The van der Waals surface area contributed by atoms with Crippen LogP contribution in [0.25, 0.3) is 0 Å². The first-order valence-corrected chi connectivity index (χ1v) is 3.35. The van der Waals surface area contributed by atoms with Crippen LogP contribution in [-0.4, -0.2) is 19.5 Å². The molecule has 2 nitrogen and oxygen atoms in total. The number of carbonyl (C=O) groups excluding carboxylic acids is 1. The molecule has 0 aliphatic carbocycles. The molecule has 0 aromatic carbocycles. The van der Waals surface area contributed by atoms with Gasteiger partial charge >= 0.3 is 0 Å². The van der Waals surface area contributed by atoms with E-state index in [1.807, 2.05) is 13.0 Å². The largest absolute Gasteiger partial charge is 0.381 e. The quantitative estimate of drug-likeness (QED) is 0.440. The first-order chi connectivity index (χ1) is 4.70. The lowest BCUT2D eigenvalue weighted by Gasteiger charge is -2.04. The highest BCUT2D eigenvalue weighted by molar-refractivity contribution is 5.71. The van der Waals surface area contributed by atoms with Crippen molar-refractivity contribution >= 4 is 6.29 Å². The summed E-state index contributed by atoms with van der Waals surface area (Å²) in [4.78, 5) is 10.1. The van der Waals surface area contributed by atoms with Crippen LogP contribution >= 0.6 is 0 Å². The molecule has 0 aromatic heterocycles. The third-order valence-corrected chi connectivity index (χ3v) is 1.36. The van der Waals surface area contributed by atoms with Crippen LogP contribution in [-0.2, 0) is 9.53 Å². The van der Waals surface area contributed by atoms with E-state index in [1.165, 1.54) is 0 Å². The molecule has 0 fully saturated rings. The maximum atomic E-state index is 10.1. The Kier molecular flexibility index (Phi) is 4.85. The van der Waals surface area contributed by atoms with Crippen LogP contribution in [0, 0.1) is 0 Å². The summed E-state index contributed by atoms with van der Waals surface area (Å²) in [5.41, 5.74) is 0.768. The van der Waals surface area contributed by atoms with Gasteiger partial charge in [-0.2, -0.15) is 0 Å². The number of allylic oxidation sites excluding steroid dienone is 1. The van der Waals surface area contributed by atoms with Crippen molar-refractivity contribution in [3.63, 3.8) is 0 Å². The molecule has 1 unspecified atom stereocenters. The van der Waals surface area contributed by atoms with Crippen molar-refractivity contribution in [3.05, 3.63) is 11.6 Å². The fourth-order valence-electron chi connectivity index (χ4n) is 0.496. The Hall–Kier alpha value is -0.630. The van der Waals surface area contributed by atoms with Crippen molar-refractivity contribution in [2.45, 2.75) is 26.4 Å². The summed E-state index contributed by atoms with van der Waals surface area (Å²) in [7, 11) is 1.66. The second-order valence-electron chi connectivity index (χ2n) is 2.35. The highest BCUT2D eigenvalue weighted by Gasteiger charge is 1.94. The van der Waals surface area contributed by atoms with Gasteiger partial charge in [-0.05, 0) is 25.8 Å². The van der Waals surface area contributed by atoms with Gasteiger partial charge in [-0.15, -0.1) is 0 Å². The predicted octanol–water partition coefficient (Wildman–Crippen LogP) is 1.56. The summed E-state index contributed by atoms with van der Waals surface area (Å²) in [6.07, 6.45) is 3.74. The van der Waals surface area contributed by atoms with Crippen molar-refractivity contribution in [1.82, 2.24) is 0 Å². The molecule has 0 bridgehead atoms. The zero-order valence-corrected chi connectivity index (χ0v) is 6.76. The molecule has 0 radical (unpaired) electrons. The average molecular weight is 142 g/mol. The third-order valence-electron chi connectivity index (χ3n) is 1.36. The van der Waals surface area contributed by atoms with Crippen LogP contribution in [0.5, 0.6) is 0 Å². The first-order valence-electron chi connectivity index (χ1n) is 3.35. The van der Waals surface area contributed by atoms with E-state index in [0.29, 0.717) is 0 Å². The molecule has 0 aliphatic rings. The average Bonchev–Trinajstić information content (AvgIpc) is 1.99. The lowest BCUT2D eigenvalue weighted by atomic mass is 10.2. The van der Waals surface area contributed by atoms with Crippen LogP contribution in [0.2, 0.25) is 0 Å². The van der Waals surface area contributed by atoms with Gasteiger partial charge in [0.05, 0.1) is 6.10 Å². The van der Waals surface area contributed by atoms with Crippen molar-refractivity contribution in [2.24, 2.45) is 0 Å². The van der Waals surface area contributed by atoms with Crippen LogP contribution in [0.1, 0.15) is 20.3 Å². The molecule has 10 heavy (non-hydrogen) atoms. The van der Waals surface area contributed by atoms with Gasteiger partial charge in [-0.3, -0.25) is 4.79 Å². The minimum atomic E-state index is 0.204. The summed E-state index contributed by atoms with van der Waals surface area (Å²) < 4.78 is 4.98. The van der Waals surface area contributed by atoms with Crippen molar-refractivity contribution in [1.29, 1.82) is 0 Å². The SMILES string of the molecule is COC(C)CC=C(C)C=O. The van der Waals surface area contributed by atoms with Gasteiger partial charge in [0.15, 0.2) is 0 Å². The Morgan fingerprint density at radius 1 is 1.70 bits per heavy atom.